The molecule has 2 atom stereocenters. The molecule has 3 nitrogen and oxygen atoms in total. The lowest BCUT2D eigenvalue weighted by atomic mass is 9.99. The van der Waals surface area contributed by atoms with Crippen LogP contribution in [0.5, 0.6) is 5.75 Å². The second-order valence-electron chi connectivity index (χ2n) is 4.69. The van der Waals surface area contributed by atoms with E-state index in [0.717, 1.165) is 22.1 Å². The van der Waals surface area contributed by atoms with Crippen molar-refractivity contribution in [2.24, 2.45) is 5.92 Å². The molecule has 0 bridgehead atoms. The summed E-state index contributed by atoms with van der Waals surface area (Å²) in [6.07, 6.45) is 0.708. The fraction of sp³-hybridized carbons (Fsp3) is 0.267. The fourth-order valence-electron chi connectivity index (χ4n) is 2.62. The van der Waals surface area contributed by atoms with E-state index in [1.54, 1.807) is 7.11 Å². The topological polar surface area (TPSA) is 46.5 Å². The van der Waals surface area contributed by atoms with Gasteiger partial charge in [0.1, 0.15) is 5.75 Å². The van der Waals surface area contributed by atoms with Gasteiger partial charge in [-0.1, -0.05) is 30.3 Å². The molecule has 3 rings (SSSR count). The molecule has 1 fully saturated rings. The van der Waals surface area contributed by atoms with Crippen molar-refractivity contribution < 1.29 is 14.6 Å². The molecule has 92 valence electrons. The van der Waals surface area contributed by atoms with E-state index in [4.69, 9.17) is 9.84 Å². The molecule has 3 heteroatoms. The lowest BCUT2D eigenvalue weighted by Crippen LogP contribution is -2.00. The number of fused-ring (bicyclic) bond motifs is 1. The van der Waals surface area contributed by atoms with Crippen LogP contribution < -0.4 is 4.74 Å². The molecule has 0 aromatic heterocycles. The molecule has 1 saturated carbocycles. The maximum absolute atomic E-state index is 11.0. The van der Waals surface area contributed by atoms with E-state index in [9.17, 15) is 4.79 Å². The van der Waals surface area contributed by atoms with E-state index in [1.807, 2.05) is 36.4 Å². The van der Waals surface area contributed by atoms with Crippen molar-refractivity contribution in [3.05, 3.63) is 42.0 Å². The van der Waals surface area contributed by atoms with Gasteiger partial charge in [-0.2, -0.15) is 0 Å². The number of ether oxygens (including phenoxy) is 1. The first kappa shape index (κ1) is 11.1. The van der Waals surface area contributed by atoms with Crippen LogP contribution in [0.15, 0.2) is 36.4 Å². The Hall–Kier alpha value is -2.03. The molecule has 0 saturated heterocycles. The zero-order valence-electron chi connectivity index (χ0n) is 10.1. The second-order valence-corrected chi connectivity index (χ2v) is 4.69. The van der Waals surface area contributed by atoms with Crippen molar-refractivity contribution in [2.45, 2.75) is 12.3 Å². The SMILES string of the molecule is COc1ccc2ccccc2c1[C@@H]1C[C@H]1C(=O)O. The van der Waals surface area contributed by atoms with Gasteiger partial charge in [0.2, 0.25) is 0 Å². The van der Waals surface area contributed by atoms with E-state index in [2.05, 4.69) is 0 Å². The monoisotopic (exact) mass is 242 g/mol. The number of methoxy groups -OCH3 is 1. The predicted octanol–water partition coefficient (Wildman–Crippen LogP) is 3.04. The van der Waals surface area contributed by atoms with Crippen LogP contribution in [0.3, 0.4) is 0 Å². The highest BCUT2D eigenvalue weighted by Gasteiger charge is 2.46. The van der Waals surface area contributed by atoms with E-state index >= 15 is 0 Å². The maximum atomic E-state index is 11.0. The van der Waals surface area contributed by atoms with Crippen molar-refractivity contribution in [1.29, 1.82) is 0 Å². The number of hydrogen-bond acceptors (Lipinski definition) is 2. The van der Waals surface area contributed by atoms with Crippen molar-refractivity contribution >= 4 is 16.7 Å². The molecule has 0 heterocycles. The number of hydrogen-bond donors (Lipinski definition) is 1. The van der Waals surface area contributed by atoms with Gasteiger partial charge in [-0.05, 0) is 23.3 Å². The summed E-state index contributed by atoms with van der Waals surface area (Å²) in [5.74, 6) is -0.0920. The molecule has 2 aromatic rings. The highest BCUT2D eigenvalue weighted by molar-refractivity contribution is 5.90. The molecule has 0 spiro atoms. The summed E-state index contributed by atoms with van der Waals surface area (Å²) in [6, 6.07) is 12.0. The Morgan fingerprint density at radius 3 is 2.72 bits per heavy atom. The highest BCUT2D eigenvalue weighted by Crippen LogP contribution is 2.52. The van der Waals surface area contributed by atoms with Crippen LogP contribution in [-0.4, -0.2) is 18.2 Å². The van der Waals surface area contributed by atoms with Gasteiger partial charge in [-0.25, -0.2) is 0 Å². The normalized spacial score (nSPS) is 21.8. The van der Waals surface area contributed by atoms with Gasteiger partial charge in [0.05, 0.1) is 13.0 Å². The molecule has 0 aliphatic heterocycles. The van der Waals surface area contributed by atoms with Gasteiger partial charge in [0.15, 0.2) is 0 Å². The van der Waals surface area contributed by atoms with E-state index in [-0.39, 0.29) is 11.8 Å². The zero-order valence-corrected chi connectivity index (χ0v) is 10.1. The summed E-state index contributed by atoms with van der Waals surface area (Å²) >= 11 is 0. The molecule has 1 aliphatic rings. The number of carbonyl (C=O) groups is 1. The Kier molecular flexibility index (Phi) is 2.47. The average molecular weight is 242 g/mol. The Bertz CT molecular complexity index is 618. The number of carboxylic acids is 1. The van der Waals surface area contributed by atoms with Gasteiger partial charge in [-0.15, -0.1) is 0 Å². The van der Waals surface area contributed by atoms with Crippen LogP contribution in [0.2, 0.25) is 0 Å². The predicted molar refractivity (Wildman–Crippen MR) is 69.0 cm³/mol. The molecule has 1 N–H and O–H groups in total. The van der Waals surface area contributed by atoms with Crippen molar-refractivity contribution in [3.8, 4) is 5.75 Å². The molecule has 0 amide bonds. The minimum atomic E-state index is -0.713. The smallest absolute Gasteiger partial charge is 0.307 e. The third-order valence-corrected chi connectivity index (χ3v) is 3.63. The Morgan fingerprint density at radius 1 is 1.28 bits per heavy atom. The van der Waals surface area contributed by atoms with Crippen LogP contribution in [0.1, 0.15) is 17.9 Å². The Balaban J connectivity index is 2.16. The molecule has 0 radical (unpaired) electrons. The highest BCUT2D eigenvalue weighted by atomic mass is 16.5. The summed E-state index contributed by atoms with van der Waals surface area (Å²) in [6.45, 7) is 0. The maximum Gasteiger partial charge on any atom is 0.307 e. The number of rotatable bonds is 3. The second kappa shape index (κ2) is 4.02. The van der Waals surface area contributed by atoms with Crippen LogP contribution in [-0.2, 0) is 4.79 Å². The number of aliphatic carboxylic acids is 1. The summed E-state index contributed by atoms with van der Waals surface area (Å²) in [7, 11) is 1.63. The van der Waals surface area contributed by atoms with E-state index in [1.165, 1.54) is 0 Å². The number of benzene rings is 2. The molecular weight excluding hydrogens is 228 g/mol. The summed E-state index contributed by atoms with van der Waals surface area (Å²) < 4.78 is 5.39. The third kappa shape index (κ3) is 1.63. The third-order valence-electron chi connectivity index (χ3n) is 3.63. The van der Waals surface area contributed by atoms with Crippen LogP contribution in [0.25, 0.3) is 10.8 Å². The van der Waals surface area contributed by atoms with E-state index in [0.29, 0.717) is 6.42 Å². The van der Waals surface area contributed by atoms with Crippen molar-refractivity contribution in [1.82, 2.24) is 0 Å². The van der Waals surface area contributed by atoms with Crippen molar-refractivity contribution in [2.75, 3.05) is 7.11 Å². The number of carboxylic acid groups (broad SMARTS) is 1. The van der Waals surface area contributed by atoms with Gasteiger partial charge < -0.3 is 9.84 Å². The molecule has 18 heavy (non-hydrogen) atoms. The summed E-state index contributed by atoms with van der Waals surface area (Å²) in [5.41, 5.74) is 1.04. The standard InChI is InChI=1S/C15H14O3/c1-18-13-7-6-9-4-2-3-5-10(9)14(13)11-8-12(11)15(16)17/h2-7,11-12H,8H2,1H3,(H,16,17)/t11-,12-/m1/s1. The largest absolute Gasteiger partial charge is 0.496 e. The van der Waals surface area contributed by atoms with Crippen molar-refractivity contribution in [3.63, 3.8) is 0 Å². The molecule has 0 unspecified atom stereocenters. The minimum Gasteiger partial charge on any atom is -0.496 e. The summed E-state index contributed by atoms with van der Waals surface area (Å²) in [5, 5.41) is 11.3. The lowest BCUT2D eigenvalue weighted by molar-refractivity contribution is -0.138. The van der Waals surface area contributed by atoms with Crippen LogP contribution >= 0.6 is 0 Å². The minimum absolute atomic E-state index is 0.0866. The average Bonchev–Trinajstić information content (AvgIpc) is 3.17. The van der Waals surface area contributed by atoms with Crippen LogP contribution in [0.4, 0.5) is 0 Å². The Labute approximate surface area is 105 Å². The van der Waals surface area contributed by atoms with Crippen LogP contribution in [0, 0.1) is 5.92 Å². The molecule has 1 aliphatic carbocycles. The first-order valence-corrected chi connectivity index (χ1v) is 6.01. The van der Waals surface area contributed by atoms with Gasteiger partial charge >= 0.3 is 5.97 Å². The van der Waals surface area contributed by atoms with Gasteiger partial charge in [0.25, 0.3) is 0 Å². The molecular formula is C15H14O3. The quantitative estimate of drug-likeness (QED) is 0.899. The van der Waals surface area contributed by atoms with E-state index < -0.39 is 5.97 Å². The first-order valence-electron chi connectivity index (χ1n) is 6.01. The Morgan fingerprint density at radius 2 is 2.06 bits per heavy atom. The zero-order chi connectivity index (χ0) is 12.7. The molecule has 2 aromatic carbocycles. The van der Waals surface area contributed by atoms with Gasteiger partial charge in [0, 0.05) is 11.5 Å². The first-order chi connectivity index (χ1) is 8.72. The lowest BCUT2D eigenvalue weighted by Gasteiger charge is -2.11. The van der Waals surface area contributed by atoms with Gasteiger partial charge in [-0.3, -0.25) is 4.79 Å². The fourth-order valence-corrected chi connectivity index (χ4v) is 2.62. The summed E-state index contributed by atoms with van der Waals surface area (Å²) in [4.78, 5) is 11.0.